The Bertz CT molecular complexity index is 178. The van der Waals surface area contributed by atoms with E-state index in [1.807, 2.05) is 6.08 Å². The summed E-state index contributed by atoms with van der Waals surface area (Å²) in [6, 6.07) is 0. The van der Waals surface area contributed by atoms with Crippen molar-refractivity contribution in [3.63, 3.8) is 0 Å². The van der Waals surface area contributed by atoms with Gasteiger partial charge >= 0.3 is 0 Å². The molecule has 0 bridgehead atoms. The summed E-state index contributed by atoms with van der Waals surface area (Å²) >= 11 is 0. The van der Waals surface area contributed by atoms with Gasteiger partial charge in [-0.05, 0) is 37.0 Å². The second-order valence-electron chi connectivity index (χ2n) is 3.65. The molecule has 3 unspecified atom stereocenters. The van der Waals surface area contributed by atoms with E-state index in [1.165, 1.54) is 12.8 Å². The van der Waals surface area contributed by atoms with Crippen LogP contribution in [0, 0.1) is 17.8 Å². The van der Waals surface area contributed by atoms with Gasteiger partial charge in [0.25, 0.3) is 0 Å². The van der Waals surface area contributed by atoms with Crippen molar-refractivity contribution in [1.82, 2.24) is 0 Å². The summed E-state index contributed by atoms with van der Waals surface area (Å²) in [7, 11) is 0. The maximum atomic E-state index is 3.88. The quantitative estimate of drug-likeness (QED) is 0.554. The molecule has 0 amide bonds. The molecule has 0 N–H and O–H groups in total. The van der Waals surface area contributed by atoms with E-state index >= 15 is 0 Å². The molecule has 0 heterocycles. The summed E-state index contributed by atoms with van der Waals surface area (Å²) in [5, 5.41) is 0. The zero-order valence-corrected chi connectivity index (χ0v) is 7.71. The topological polar surface area (TPSA) is 0 Å². The highest BCUT2D eigenvalue weighted by Crippen LogP contribution is 2.39. The van der Waals surface area contributed by atoms with Crippen LogP contribution in [0.4, 0.5) is 0 Å². The molecule has 1 rings (SSSR count). The van der Waals surface area contributed by atoms with Gasteiger partial charge in [-0.3, -0.25) is 0 Å². The van der Waals surface area contributed by atoms with Gasteiger partial charge in [-0.2, -0.15) is 0 Å². The zero-order valence-electron chi connectivity index (χ0n) is 7.71. The lowest BCUT2D eigenvalue weighted by Gasteiger charge is -2.12. The van der Waals surface area contributed by atoms with Crippen LogP contribution in [0.15, 0.2) is 38.0 Å². The smallest absolute Gasteiger partial charge is 0.0199 e. The first-order valence-corrected chi connectivity index (χ1v) is 4.67. The fraction of sp³-hybridized carbons (Fsp3) is 0.500. The van der Waals surface area contributed by atoms with Crippen LogP contribution in [0.1, 0.15) is 19.3 Å². The van der Waals surface area contributed by atoms with E-state index in [-0.39, 0.29) is 0 Å². The Morgan fingerprint density at radius 2 is 1.83 bits per heavy atom. The first kappa shape index (κ1) is 9.31. The van der Waals surface area contributed by atoms with Crippen LogP contribution in [0.5, 0.6) is 0 Å². The van der Waals surface area contributed by atoms with E-state index in [0.717, 1.165) is 12.3 Å². The highest BCUT2D eigenvalue weighted by molar-refractivity contribution is 4.99. The summed E-state index contributed by atoms with van der Waals surface area (Å²) in [6.07, 6.45) is 9.84. The lowest BCUT2D eigenvalue weighted by atomic mass is 9.93. The Balaban J connectivity index is 2.54. The van der Waals surface area contributed by atoms with Gasteiger partial charge in [0, 0.05) is 0 Å². The second kappa shape index (κ2) is 4.30. The molecule has 0 nitrogen and oxygen atoms in total. The molecular weight excluding hydrogens is 144 g/mol. The Hall–Kier alpha value is -0.780. The Kier molecular flexibility index (Phi) is 3.33. The van der Waals surface area contributed by atoms with E-state index < -0.39 is 0 Å². The number of hydrogen-bond acceptors (Lipinski definition) is 0. The maximum absolute atomic E-state index is 3.88. The van der Waals surface area contributed by atoms with Gasteiger partial charge in [-0.1, -0.05) is 18.2 Å². The summed E-state index contributed by atoms with van der Waals surface area (Å²) in [6.45, 7) is 11.5. The molecule has 3 atom stereocenters. The number of rotatable bonds is 4. The lowest BCUT2D eigenvalue weighted by molar-refractivity contribution is 0.464. The third kappa shape index (κ3) is 1.88. The van der Waals surface area contributed by atoms with Crippen molar-refractivity contribution >= 4 is 0 Å². The number of allylic oxidation sites excluding steroid dienone is 3. The maximum Gasteiger partial charge on any atom is -0.0199 e. The standard InChI is InChI=1S/C12H18/c1-4-7-12-9-10(5-2)8-11(12)6-3/h4-6,10-12H,1-3,7-9H2. The van der Waals surface area contributed by atoms with Crippen molar-refractivity contribution in [2.75, 3.05) is 0 Å². The van der Waals surface area contributed by atoms with Crippen molar-refractivity contribution in [2.45, 2.75) is 19.3 Å². The van der Waals surface area contributed by atoms with Crippen LogP contribution in [0.2, 0.25) is 0 Å². The van der Waals surface area contributed by atoms with Gasteiger partial charge in [0.15, 0.2) is 0 Å². The molecule has 1 aliphatic rings. The Morgan fingerprint density at radius 3 is 2.33 bits per heavy atom. The third-order valence-corrected chi connectivity index (χ3v) is 2.89. The van der Waals surface area contributed by atoms with Crippen molar-refractivity contribution in [3.05, 3.63) is 38.0 Å². The normalized spacial score (nSPS) is 34.5. The first-order valence-electron chi connectivity index (χ1n) is 4.67. The summed E-state index contributed by atoms with van der Waals surface area (Å²) in [5.74, 6) is 2.16. The minimum Gasteiger partial charge on any atom is -0.103 e. The predicted octanol–water partition coefficient (Wildman–Crippen LogP) is 3.58. The highest BCUT2D eigenvalue weighted by Gasteiger charge is 2.29. The second-order valence-corrected chi connectivity index (χ2v) is 3.65. The fourth-order valence-corrected chi connectivity index (χ4v) is 2.17. The largest absolute Gasteiger partial charge is 0.103 e. The monoisotopic (exact) mass is 162 g/mol. The third-order valence-electron chi connectivity index (χ3n) is 2.89. The van der Waals surface area contributed by atoms with Crippen molar-refractivity contribution in [2.24, 2.45) is 17.8 Å². The van der Waals surface area contributed by atoms with Gasteiger partial charge in [0.2, 0.25) is 0 Å². The Labute approximate surface area is 75.7 Å². The molecule has 66 valence electrons. The highest BCUT2D eigenvalue weighted by atomic mass is 14.3. The van der Waals surface area contributed by atoms with Gasteiger partial charge in [-0.25, -0.2) is 0 Å². The molecule has 0 spiro atoms. The molecule has 0 aromatic heterocycles. The van der Waals surface area contributed by atoms with E-state index in [2.05, 4.69) is 31.9 Å². The van der Waals surface area contributed by atoms with Crippen molar-refractivity contribution in [3.8, 4) is 0 Å². The minimum atomic E-state index is 0.686. The molecule has 12 heavy (non-hydrogen) atoms. The summed E-state index contributed by atoms with van der Waals surface area (Å²) < 4.78 is 0. The zero-order chi connectivity index (χ0) is 8.97. The van der Waals surface area contributed by atoms with Crippen molar-refractivity contribution < 1.29 is 0 Å². The van der Waals surface area contributed by atoms with Crippen LogP contribution < -0.4 is 0 Å². The molecule has 0 aromatic rings. The SMILES string of the molecule is C=CCC1CC(C=C)CC1C=C. The van der Waals surface area contributed by atoms with E-state index in [9.17, 15) is 0 Å². The Morgan fingerprint density at radius 1 is 1.08 bits per heavy atom. The molecule has 0 aliphatic heterocycles. The van der Waals surface area contributed by atoms with E-state index in [0.29, 0.717) is 11.8 Å². The minimum absolute atomic E-state index is 0.686. The summed E-state index contributed by atoms with van der Waals surface area (Å²) in [4.78, 5) is 0. The number of hydrogen-bond donors (Lipinski definition) is 0. The molecule has 0 aromatic carbocycles. The van der Waals surface area contributed by atoms with Crippen LogP contribution in [0.3, 0.4) is 0 Å². The van der Waals surface area contributed by atoms with E-state index in [4.69, 9.17) is 0 Å². The molecular formula is C12H18. The van der Waals surface area contributed by atoms with Crippen LogP contribution in [-0.4, -0.2) is 0 Å². The fourth-order valence-electron chi connectivity index (χ4n) is 2.17. The summed E-state index contributed by atoms with van der Waals surface area (Å²) in [5.41, 5.74) is 0. The molecule has 0 heteroatoms. The molecule has 0 saturated heterocycles. The van der Waals surface area contributed by atoms with Crippen molar-refractivity contribution in [1.29, 1.82) is 0 Å². The van der Waals surface area contributed by atoms with Crippen LogP contribution >= 0.6 is 0 Å². The van der Waals surface area contributed by atoms with Gasteiger partial charge in [0.05, 0.1) is 0 Å². The van der Waals surface area contributed by atoms with E-state index in [1.54, 1.807) is 0 Å². The average Bonchev–Trinajstić information content (AvgIpc) is 2.48. The molecule has 1 saturated carbocycles. The van der Waals surface area contributed by atoms with Gasteiger partial charge < -0.3 is 0 Å². The van der Waals surface area contributed by atoms with Gasteiger partial charge in [-0.15, -0.1) is 19.7 Å². The predicted molar refractivity (Wildman–Crippen MR) is 54.9 cm³/mol. The van der Waals surface area contributed by atoms with Crippen LogP contribution in [0.25, 0.3) is 0 Å². The first-order chi connectivity index (χ1) is 5.81. The molecule has 0 radical (unpaired) electrons. The van der Waals surface area contributed by atoms with Gasteiger partial charge in [0.1, 0.15) is 0 Å². The lowest BCUT2D eigenvalue weighted by Crippen LogP contribution is -2.02. The van der Waals surface area contributed by atoms with Crippen LogP contribution in [-0.2, 0) is 0 Å². The average molecular weight is 162 g/mol. The molecule has 1 fully saturated rings. The molecule has 1 aliphatic carbocycles.